The summed E-state index contributed by atoms with van der Waals surface area (Å²) in [6, 6.07) is 6.86. The minimum Gasteiger partial charge on any atom is -0.314 e. The summed E-state index contributed by atoms with van der Waals surface area (Å²) < 4.78 is 36.1. The molecule has 0 aromatic heterocycles. The molecule has 0 saturated carbocycles. The van der Waals surface area contributed by atoms with Gasteiger partial charge in [-0.3, -0.25) is 0 Å². The molecule has 5 heteroatoms. The second-order valence-corrected chi connectivity index (χ2v) is 8.16. The minimum atomic E-state index is -2.92. The van der Waals surface area contributed by atoms with Crippen LogP contribution in [0.4, 0.5) is 4.39 Å². The highest BCUT2D eigenvalue weighted by Crippen LogP contribution is 2.21. The van der Waals surface area contributed by atoms with E-state index in [0.29, 0.717) is 12.5 Å². The van der Waals surface area contributed by atoms with Crippen molar-refractivity contribution in [3.05, 3.63) is 35.6 Å². The van der Waals surface area contributed by atoms with Gasteiger partial charge in [-0.2, -0.15) is 0 Å². The Hall–Kier alpha value is -0.940. The Morgan fingerprint density at radius 2 is 1.81 bits per heavy atom. The Bertz CT molecular complexity index is 512. The predicted molar refractivity (Wildman–Crippen MR) is 85.8 cm³/mol. The Morgan fingerprint density at radius 3 is 2.33 bits per heavy atom. The maximum absolute atomic E-state index is 13.0. The molecular weight excluding hydrogens is 289 g/mol. The van der Waals surface area contributed by atoms with Crippen LogP contribution in [0.1, 0.15) is 45.1 Å². The van der Waals surface area contributed by atoms with E-state index in [1.165, 1.54) is 12.1 Å². The molecule has 1 aromatic carbocycles. The fourth-order valence-electron chi connectivity index (χ4n) is 2.19. The molecule has 0 amide bonds. The second-order valence-electron chi connectivity index (χ2n) is 5.69. The molecule has 21 heavy (non-hydrogen) atoms. The molecule has 1 rings (SSSR count). The fourth-order valence-corrected chi connectivity index (χ4v) is 3.09. The van der Waals surface area contributed by atoms with Gasteiger partial charge in [0.05, 0.1) is 5.75 Å². The Morgan fingerprint density at radius 1 is 1.19 bits per heavy atom. The molecule has 0 aliphatic carbocycles. The van der Waals surface area contributed by atoms with Crippen molar-refractivity contribution in [3.63, 3.8) is 0 Å². The van der Waals surface area contributed by atoms with Crippen LogP contribution in [-0.2, 0) is 9.84 Å². The van der Waals surface area contributed by atoms with E-state index in [4.69, 9.17) is 0 Å². The number of sulfone groups is 1. The number of halogens is 1. The largest absolute Gasteiger partial charge is 0.314 e. The van der Waals surface area contributed by atoms with Crippen LogP contribution < -0.4 is 5.32 Å². The van der Waals surface area contributed by atoms with E-state index in [1.807, 2.05) is 0 Å². The third-order valence-electron chi connectivity index (χ3n) is 3.56. The molecule has 1 aromatic rings. The van der Waals surface area contributed by atoms with Crippen molar-refractivity contribution >= 4 is 9.84 Å². The van der Waals surface area contributed by atoms with Gasteiger partial charge in [0.2, 0.25) is 0 Å². The lowest BCUT2D eigenvalue weighted by atomic mass is 9.94. The smallest absolute Gasteiger partial charge is 0.150 e. The molecular formula is C16H26FNO2S. The molecule has 0 heterocycles. The number of benzene rings is 1. The molecule has 0 saturated heterocycles. The highest BCUT2D eigenvalue weighted by molar-refractivity contribution is 7.91. The summed E-state index contributed by atoms with van der Waals surface area (Å²) in [5, 5.41) is 3.38. The second kappa shape index (κ2) is 8.49. The Kier molecular flexibility index (Phi) is 7.32. The molecule has 0 aliphatic heterocycles. The van der Waals surface area contributed by atoms with E-state index in [9.17, 15) is 12.8 Å². The highest BCUT2D eigenvalue weighted by Gasteiger charge is 2.14. The van der Waals surface area contributed by atoms with Crippen LogP contribution in [-0.4, -0.2) is 32.5 Å². The van der Waals surface area contributed by atoms with Crippen LogP contribution in [0.2, 0.25) is 0 Å². The number of nitrogens with one attached hydrogen (secondary N) is 1. The van der Waals surface area contributed by atoms with E-state index in [0.717, 1.165) is 18.5 Å². The first kappa shape index (κ1) is 18.1. The molecule has 1 unspecified atom stereocenters. The first-order valence-corrected chi connectivity index (χ1v) is 9.35. The Balaban J connectivity index is 2.66. The summed E-state index contributed by atoms with van der Waals surface area (Å²) in [4.78, 5) is 0. The number of hydrogen-bond acceptors (Lipinski definition) is 3. The van der Waals surface area contributed by atoms with Gasteiger partial charge in [-0.25, -0.2) is 12.8 Å². The van der Waals surface area contributed by atoms with E-state index < -0.39 is 9.84 Å². The number of hydrogen-bond donors (Lipinski definition) is 1. The summed E-state index contributed by atoms with van der Waals surface area (Å²) in [6.07, 6.45) is 1.42. The van der Waals surface area contributed by atoms with Crippen molar-refractivity contribution in [2.75, 3.05) is 18.1 Å². The quantitative estimate of drug-likeness (QED) is 0.761. The normalized spacial score (nSPS) is 13.6. The number of rotatable bonds is 9. The van der Waals surface area contributed by atoms with Gasteiger partial charge in [0.1, 0.15) is 15.7 Å². The Labute approximate surface area is 127 Å². The summed E-state index contributed by atoms with van der Waals surface area (Å²) in [5.41, 5.74) is 1.05. The van der Waals surface area contributed by atoms with Crippen molar-refractivity contribution in [3.8, 4) is 0 Å². The maximum Gasteiger partial charge on any atom is 0.150 e. The zero-order valence-electron chi connectivity index (χ0n) is 13.1. The van der Waals surface area contributed by atoms with Gasteiger partial charge < -0.3 is 5.32 Å². The van der Waals surface area contributed by atoms with Crippen LogP contribution in [0.15, 0.2) is 24.3 Å². The molecule has 1 N–H and O–H groups in total. The van der Waals surface area contributed by atoms with Crippen molar-refractivity contribution in [1.29, 1.82) is 0 Å². The summed E-state index contributed by atoms with van der Waals surface area (Å²) in [5.74, 6) is 0.379. The van der Waals surface area contributed by atoms with Crippen molar-refractivity contribution in [1.82, 2.24) is 5.32 Å². The summed E-state index contributed by atoms with van der Waals surface area (Å²) >= 11 is 0. The maximum atomic E-state index is 13.0. The van der Waals surface area contributed by atoms with Crippen LogP contribution in [0.5, 0.6) is 0 Å². The molecule has 0 spiro atoms. The zero-order chi connectivity index (χ0) is 15.9. The standard InChI is InChI=1S/C16H26FNO2S/c1-4-21(19,20)11-5-6-15(12-18-13(2)3)14-7-9-16(17)10-8-14/h7-10,13,15,18H,4-6,11-12H2,1-3H3. The van der Waals surface area contributed by atoms with Crippen molar-refractivity contribution in [2.45, 2.75) is 45.6 Å². The first-order valence-electron chi connectivity index (χ1n) is 7.53. The lowest BCUT2D eigenvalue weighted by molar-refractivity contribution is 0.502. The minimum absolute atomic E-state index is 0.193. The van der Waals surface area contributed by atoms with Gasteiger partial charge >= 0.3 is 0 Å². The lowest BCUT2D eigenvalue weighted by Crippen LogP contribution is -2.28. The van der Waals surface area contributed by atoms with Gasteiger partial charge in [-0.15, -0.1) is 0 Å². The van der Waals surface area contributed by atoms with Gasteiger partial charge in [-0.1, -0.05) is 32.9 Å². The first-order chi connectivity index (χ1) is 9.84. The molecule has 0 fully saturated rings. The van der Waals surface area contributed by atoms with E-state index in [2.05, 4.69) is 19.2 Å². The summed E-state index contributed by atoms with van der Waals surface area (Å²) in [6.45, 7) is 6.59. The fraction of sp³-hybridized carbons (Fsp3) is 0.625. The van der Waals surface area contributed by atoms with Crippen LogP contribution in [0.3, 0.4) is 0 Å². The van der Waals surface area contributed by atoms with Crippen LogP contribution in [0, 0.1) is 5.82 Å². The molecule has 1 atom stereocenters. The molecule has 0 aliphatic rings. The highest BCUT2D eigenvalue weighted by atomic mass is 32.2. The van der Waals surface area contributed by atoms with Crippen LogP contribution in [0.25, 0.3) is 0 Å². The van der Waals surface area contributed by atoms with E-state index in [-0.39, 0.29) is 23.2 Å². The average Bonchev–Trinajstić information content (AvgIpc) is 2.43. The van der Waals surface area contributed by atoms with Gasteiger partial charge in [0, 0.05) is 18.3 Å². The topological polar surface area (TPSA) is 46.2 Å². The third kappa shape index (κ3) is 7.05. The van der Waals surface area contributed by atoms with E-state index in [1.54, 1.807) is 19.1 Å². The monoisotopic (exact) mass is 315 g/mol. The van der Waals surface area contributed by atoms with Gasteiger partial charge in [0.25, 0.3) is 0 Å². The third-order valence-corrected chi connectivity index (χ3v) is 5.35. The van der Waals surface area contributed by atoms with Gasteiger partial charge in [0.15, 0.2) is 0 Å². The van der Waals surface area contributed by atoms with Gasteiger partial charge in [-0.05, 0) is 36.5 Å². The average molecular weight is 315 g/mol. The SMILES string of the molecule is CCS(=O)(=O)CCCC(CNC(C)C)c1ccc(F)cc1. The molecule has 0 radical (unpaired) electrons. The van der Waals surface area contributed by atoms with Crippen molar-refractivity contribution < 1.29 is 12.8 Å². The lowest BCUT2D eigenvalue weighted by Gasteiger charge is -2.20. The zero-order valence-corrected chi connectivity index (χ0v) is 13.9. The molecule has 0 bridgehead atoms. The van der Waals surface area contributed by atoms with Crippen molar-refractivity contribution in [2.24, 2.45) is 0 Å². The molecule has 120 valence electrons. The van der Waals surface area contributed by atoms with Crippen LogP contribution >= 0.6 is 0 Å². The predicted octanol–water partition coefficient (Wildman–Crippen LogP) is 3.12. The molecule has 3 nitrogen and oxygen atoms in total. The van der Waals surface area contributed by atoms with E-state index >= 15 is 0 Å². The summed E-state index contributed by atoms with van der Waals surface area (Å²) in [7, 11) is -2.92.